The van der Waals surface area contributed by atoms with E-state index in [4.69, 9.17) is 9.47 Å². The van der Waals surface area contributed by atoms with E-state index in [9.17, 15) is 0 Å². The van der Waals surface area contributed by atoms with Gasteiger partial charge in [-0.3, -0.25) is 0 Å². The van der Waals surface area contributed by atoms with Crippen molar-refractivity contribution in [1.82, 2.24) is 15.5 Å². The number of ether oxygens (including phenoxy) is 2. The number of aromatic nitrogens is 2. The van der Waals surface area contributed by atoms with E-state index >= 15 is 0 Å². The summed E-state index contributed by atoms with van der Waals surface area (Å²) < 4.78 is 11.4. The Bertz CT molecular complexity index is 329. The van der Waals surface area contributed by atoms with Gasteiger partial charge in [0.1, 0.15) is 12.7 Å². The second-order valence-corrected chi connectivity index (χ2v) is 4.50. The minimum absolute atomic E-state index is 0.0609. The van der Waals surface area contributed by atoms with Crippen LogP contribution in [0.1, 0.15) is 13.8 Å². The molecule has 1 aliphatic heterocycles. The third kappa shape index (κ3) is 3.15. The van der Waals surface area contributed by atoms with Gasteiger partial charge in [-0.05, 0) is 19.9 Å². The van der Waals surface area contributed by atoms with Gasteiger partial charge >= 0.3 is 0 Å². The molecule has 0 aromatic carbocycles. The Morgan fingerprint density at radius 2 is 2.50 bits per heavy atom. The predicted octanol–water partition coefficient (Wildman–Crippen LogP) is 0.622. The van der Waals surface area contributed by atoms with E-state index in [-0.39, 0.29) is 11.7 Å². The number of hydrogen-bond acceptors (Lipinski definition) is 5. The van der Waals surface area contributed by atoms with Crippen molar-refractivity contribution in [3.05, 3.63) is 18.3 Å². The van der Waals surface area contributed by atoms with Crippen LogP contribution in [0.2, 0.25) is 0 Å². The van der Waals surface area contributed by atoms with Crippen LogP contribution in [0.25, 0.3) is 0 Å². The summed E-state index contributed by atoms with van der Waals surface area (Å²) >= 11 is 0. The fraction of sp³-hybridized carbons (Fsp3) is 0.636. The van der Waals surface area contributed by atoms with Gasteiger partial charge in [0.25, 0.3) is 0 Å². The predicted molar refractivity (Wildman–Crippen MR) is 59.3 cm³/mol. The second-order valence-electron chi connectivity index (χ2n) is 4.50. The minimum atomic E-state index is -0.130. The van der Waals surface area contributed by atoms with Gasteiger partial charge < -0.3 is 14.8 Å². The molecule has 1 atom stereocenters. The number of nitrogens with one attached hydrogen (secondary N) is 1. The van der Waals surface area contributed by atoms with Crippen molar-refractivity contribution in [3.63, 3.8) is 0 Å². The molecule has 2 rings (SSSR count). The van der Waals surface area contributed by atoms with Crippen LogP contribution in [-0.4, -0.2) is 41.6 Å². The van der Waals surface area contributed by atoms with Crippen LogP contribution < -0.4 is 10.1 Å². The molecule has 0 amide bonds. The minimum Gasteiger partial charge on any atom is -0.474 e. The molecule has 5 nitrogen and oxygen atoms in total. The quantitative estimate of drug-likeness (QED) is 0.814. The Labute approximate surface area is 95.2 Å². The maximum absolute atomic E-state index is 5.86. The molecule has 1 N–H and O–H groups in total. The fourth-order valence-corrected chi connectivity index (χ4v) is 1.70. The smallest absolute Gasteiger partial charge is 0.233 e. The van der Waals surface area contributed by atoms with E-state index in [2.05, 4.69) is 29.4 Å². The molecular formula is C11H17N3O2. The first-order chi connectivity index (χ1) is 7.66. The summed E-state index contributed by atoms with van der Waals surface area (Å²) in [6.07, 6.45) is 1.68. The van der Waals surface area contributed by atoms with Gasteiger partial charge in [0, 0.05) is 25.4 Å². The van der Waals surface area contributed by atoms with Gasteiger partial charge in [-0.15, -0.1) is 5.10 Å². The zero-order chi connectivity index (χ0) is 11.4. The largest absolute Gasteiger partial charge is 0.474 e. The van der Waals surface area contributed by atoms with Gasteiger partial charge in [0.15, 0.2) is 0 Å². The van der Waals surface area contributed by atoms with Gasteiger partial charge in [0.05, 0.1) is 5.60 Å². The summed E-state index contributed by atoms with van der Waals surface area (Å²) in [6.45, 7) is 6.30. The first-order valence-corrected chi connectivity index (χ1v) is 5.45. The Morgan fingerprint density at radius 3 is 3.19 bits per heavy atom. The maximum Gasteiger partial charge on any atom is 0.233 e. The first-order valence-electron chi connectivity index (χ1n) is 5.45. The van der Waals surface area contributed by atoms with Crippen LogP contribution in [-0.2, 0) is 4.74 Å². The number of morpholine rings is 1. The molecule has 5 heteroatoms. The third-order valence-electron chi connectivity index (χ3n) is 2.37. The van der Waals surface area contributed by atoms with E-state index in [1.807, 2.05) is 0 Å². The average molecular weight is 223 g/mol. The summed E-state index contributed by atoms with van der Waals surface area (Å²) in [5.41, 5.74) is -0.130. The monoisotopic (exact) mass is 223 g/mol. The van der Waals surface area contributed by atoms with Crippen LogP contribution in [0.15, 0.2) is 18.3 Å². The Kier molecular flexibility index (Phi) is 3.36. The summed E-state index contributed by atoms with van der Waals surface area (Å²) in [7, 11) is 0. The molecule has 1 saturated heterocycles. The van der Waals surface area contributed by atoms with Crippen LogP contribution >= 0.6 is 0 Å². The first kappa shape index (κ1) is 11.3. The Hall–Kier alpha value is -1.20. The van der Waals surface area contributed by atoms with Crippen molar-refractivity contribution in [2.45, 2.75) is 25.6 Å². The summed E-state index contributed by atoms with van der Waals surface area (Å²) in [4.78, 5) is 0. The van der Waals surface area contributed by atoms with Gasteiger partial charge in [-0.1, -0.05) is 0 Å². The molecule has 88 valence electrons. The molecule has 1 unspecified atom stereocenters. The lowest BCUT2D eigenvalue weighted by molar-refractivity contribution is -0.107. The summed E-state index contributed by atoms with van der Waals surface area (Å²) in [5, 5.41) is 10.9. The van der Waals surface area contributed by atoms with E-state index in [0.717, 1.165) is 13.1 Å². The highest BCUT2D eigenvalue weighted by Crippen LogP contribution is 2.15. The Balaban J connectivity index is 1.82. The highest BCUT2D eigenvalue weighted by Gasteiger charge is 2.28. The molecule has 2 heterocycles. The highest BCUT2D eigenvalue weighted by molar-refractivity contribution is 5.05. The molecule has 1 aliphatic rings. The number of nitrogens with zero attached hydrogens (tertiary/aromatic N) is 2. The topological polar surface area (TPSA) is 56.3 Å². The van der Waals surface area contributed by atoms with E-state index in [1.165, 1.54) is 0 Å². The zero-order valence-electron chi connectivity index (χ0n) is 9.64. The lowest BCUT2D eigenvalue weighted by Crippen LogP contribution is -2.52. The van der Waals surface area contributed by atoms with Crippen LogP contribution in [0.5, 0.6) is 5.88 Å². The van der Waals surface area contributed by atoms with Crippen molar-refractivity contribution in [1.29, 1.82) is 0 Å². The lowest BCUT2D eigenvalue weighted by atomic mass is 10.1. The normalized spacial score (nSPS) is 24.0. The molecule has 0 radical (unpaired) electrons. The van der Waals surface area contributed by atoms with E-state index < -0.39 is 0 Å². The maximum atomic E-state index is 5.86. The second kappa shape index (κ2) is 4.76. The Morgan fingerprint density at radius 1 is 1.62 bits per heavy atom. The van der Waals surface area contributed by atoms with E-state index in [0.29, 0.717) is 12.5 Å². The van der Waals surface area contributed by atoms with Crippen molar-refractivity contribution >= 4 is 0 Å². The van der Waals surface area contributed by atoms with Gasteiger partial charge in [-0.25, -0.2) is 0 Å². The molecule has 0 bridgehead atoms. The molecule has 1 aromatic heterocycles. The standard InChI is InChI=1S/C11H17N3O2/c1-11(2)8-12-6-9(16-11)7-15-10-4-3-5-13-14-10/h3-5,9,12H,6-8H2,1-2H3. The van der Waals surface area contributed by atoms with Crippen LogP contribution in [0.4, 0.5) is 0 Å². The molecule has 0 aliphatic carbocycles. The highest BCUT2D eigenvalue weighted by atomic mass is 16.6. The lowest BCUT2D eigenvalue weighted by Gasteiger charge is -2.36. The van der Waals surface area contributed by atoms with E-state index in [1.54, 1.807) is 18.3 Å². The van der Waals surface area contributed by atoms with Crippen molar-refractivity contribution in [3.8, 4) is 5.88 Å². The SMILES string of the molecule is CC1(C)CNCC(COc2cccnn2)O1. The fourth-order valence-electron chi connectivity index (χ4n) is 1.70. The number of rotatable bonds is 3. The van der Waals surface area contributed by atoms with Crippen LogP contribution in [0.3, 0.4) is 0 Å². The zero-order valence-corrected chi connectivity index (χ0v) is 9.64. The molecule has 0 saturated carbocycles. The summed E-state index contributed by atoms with van der Waals surface area (Å²) in [6, 6.07) is 3.58. The molecule has 1 aromatic rings. The average Bonchev–Trinajstić information content (AvgIpc) is 2.27. The molecule has 1 fully saturated rings. The molecule has 0 spiro atoms. The van der Waals surface area contributed by atoms with Crippen molar-refractivity contribution in [2.24, 2.45) is 0 Å². The number of hydrogen-bond donors (Lipinski definition) is 1. The van der Waals surface area contributed by atoms with Gasteiger partial charge in [0.2, 0.25) is 5.88 Å². The van der Waals surface area contributed by atoms with Gasteiger partial charge in [-0.2, -0.15) is 5.10 Å². The van der Waals surface area contributed by atoms with Crippen molar-refractivity contribution < 1.29 is 9.47 Å². The van der Waals surface area contributed by atoms with Crippen molar-refractivity contribution in [2.75, 3.05) is 19.7 Å². The third-order valence-corrected chi connectivity index (χ3v) is 2.37. The molecule has 16 heavy (non-hydrogen) atoms. The summed E-state index contributed by atoms with van der Waals surface area (Å²) in [5.74, 6) is 0.537. The molecular weight excluding hydrogens is 206 g/mol. The van der Waals surface area contributed by atoms with Crippen LogP contribution in [0, 0.1) is 0 Å².